The molecule has 0 saturated carbocycles. The Morgan fingerprint density at radius 2 is 1.85 bits per heavy atom. The third-order valence-corrected chi connectivity index (χ3v) is 2.74. The summed E-state index contributed by atoms with van der Waals surface area (Å²) in [7, 11) is 3.36. The fraction of sp³-hybridized carbons (Fsp3) is 0.214. The number of carbonyl (C=O) groups is 1. The molecule has 0 spiro atoms. The van der Waals surface area contributed by atoms with Gasteiger partial charge in [0.05, 0.1) is 0 Å². The van der Waals surface area contributed by atoms with Crippen molar-refractivity contribution in [2.45, 2.75) is 6.54 Å². The minimum atomic E-state index is -0.164. The number of hydrogen-bond donors (Lipinski definition) is 2. The predicted molar refractivity (Wildman–Crippen MR) is 78.2 cm³/mol. The van der Waals surface area contributed by atoms with Crippen LogP contribution in [0.25, 0.3) is 0 Å². The number of anilines is 2. The highest BCUT2D eigenvalue weighted by Gasteiger charge is 2.09. The summed E-state index contributed by atoms with van der Waals surface area (Å²) in [6.45, 7) is 0.621. The molecule has 1 aromatic carbocycles. The topological polar surface area (TPSA) is 84.1 Å². The zero-order valence-electron chi connectivity index (χ0n) is 11.5. The number of nitrogen functional groups attached to an aromatic ring is 1. The molecule has 104 valence electrons. The number of nitrogens with two attached hydrogens (primary N) is 1. The minimum Gasteiger partial charge on any atom is -0.399 e. The highest BCUT2D eigenvalue weighted by atomic mass is 16.2. The van der Waals surface area contributed by atoms with Gasteiger partial charge in [-0.3, -0.25) is 4.79 Å². The molecule has 0 radical (unpaired) electrons. The molecule has 6 nitrogen and oxygen atoms in total. The Balaban J connectivity index is 1.97. The first-order valence-electron chi connectivity index (χ1n) is 6.20. The van der Waals surface area contributed by atoms with Crippen LogP contribution in [0.3, 0.4) is 0 Å². The van der Waals surface area contributed by atoms with Crippen molar-refractivity contribution >= 4 is 17.4 Å². The summed E-state index contributed by atoms with van der Waals surface area (Å²) in [4.78, 5) is 13.1. The van der Waals surface area contributed by atoms with E-state index in [1.807, 2.05) is 24.3 Å². The van der Waals surface area contributed by atoms with E-state index in [9.17, 15) is 4.79 Å². The third kappa shape index (κ3) is 3.44. The second-order valence-corrected chi connectivity index (χ2v) is 4.60. The Labute approximate surface area is 117 Å². The van der Waals surface area contributed by atoms with Crippen LogP contribution in [0.4, 0.5) is 11.5 Å². The number of benzene rings is 1. The van der Waals surface area contributed by atoms with Gasteiger partial charge in [-0.15, -0.1) is 10.2 Å². The van der Waals surface area contributed by atoms with Crippen LogP contribution in [0.2, 0.25) is 0 Å². The molecule has 0 unspecified atom stereocenters. The first-order chi connectivity index (χ1) is 9.56. The maximum Gasteiger partial charge on any atom is 0.273 e. The Hall–Kier alpha value is -2.63. The third-order valence-electron chi connectivity index (χ3n) is 2.74. The Bertz CT molecular complexity index is 578. The zero-order chi connectivity index (χ0) is 14.5. The molecular weight excluding hydrogens is 254 g/mol. The zero-order valence-corrected chi connectivity index (χ0v) is 11.5. The molecule has 0 saturated heterocycles. The molecule has 1 amide bonds. The van der Waals surface area contributed by atoms with E-state index in [1.165, 1.54) is 4.90 Å². The van der Waals surface area contributed by atoms with Gasteiger partial charge in [0.25, 0.3) is 5.91 Å². The Morgan fingerprint density at radius 1 is 1.15 bits per heavy atom. The van der Waals surface area contributed by atoms with Gasteiger partial charge < -0.3 is 16.0 Å². The number of nitrogens with one attached hydrogen (secondary N) is 1. The van der Waals surface area contributed by atoms with E-state index >= 15 is 0 Å². The molecule has 3 N–H and O–H groups in total. The summed E-state index contributed by atoms with van der Waals surface area (Å²) in [5.41, 5.74) is 7.78. The van der Waals surface area contributed by atoms with Gasteiger partial charge in [-0.1, -0.05) is 12.1 Å². The van der Waals surface area contributed by atoms with Crippen molar-refractivity contribution in [3.05, 3.63) is 47.7 Å². The van der Waals surface area contributed by atoms with Crippen LogP contribution in [-0.4, -0.2) is 35.1 Å². The lowest BCUT2D eigenvalue weighted by molar-refractivity contribution is 0.0821. The summed E-state index contributed by atoms with van der Waals surface area (Å²) >= 11 is 0. The van der Waals surface area contributed by atoms with Crippen LogP contribution < -0.4 is 11.1 Å². The SMILES string of the molecule is CN(C)C(=O)c1ccc(NCc2ccc(N)cc2)nn1. The number of hydrogen-bond acceptors (Lipinski definition) is 5. The van der Waals surface area contributed by atoms with Gasteiger partial charge in [0.2, 0.25) is 0 Å². The van der Waals surface area contributed by atoms with Crippen molar-refractivity contribution < 1.29 is 4.79 Å². The highest BCUT2D eigenvalue weighted by Crippen LogP contribution is 2.09. The lowest BCUT2D eigenvalue weighted by atomic mass is 10.2. The number of nitrogens with zero attached hydrogens (tertiary/aromatic N) is 3. The molecule has 20 heavy (non-hydrogen) atoms. The van der Waals surface area contributed by atoms with E-state index in [2.05, 4.69) is 15.5 Å². The average molecular weight is 271 g/mol. The lowest BCUT2D eigenvalue weighted by Gasteiger charge is -2.09. The summed E-state index contributed by atoms with van der Waals surface area (Å²) in [6, 6.07) is 11.0. The average Bonchev–Trinajstić information content (AvgIpc) is 2.46. The highest BCUT2D eigenvalue weighted by molar-refractivity contribution is 5.91. The summed E-state index contributed by atoms with van der Waals surface area (Å²) in [5, 5.41) is 11.0. The Morgan fingerprint density at radius 3 is 2.40 bits per heavy atom. The Kier molecular flexibility index (Phi) is 4.14. The second-order valence-electron chi connectivity index (χ2n) is 4.60. The standard InChI is InChI=1S/C14H17N5O/c1-19(2)14(20)12-7-8-13(18-17-12)16-9-10-3-5-11(15)6-4-10/h3-8H,9,15H2,1-2H3,(H,16,18). The van der Waals surface area contributed by atoms with Crippen molar-refractivity contribution in [1.29, 1.82) is 0 Å². The predicted octanol–water partition coefficient (Wildman–Crippen LogP) is 1.37. The van der Waals surface area contributed by atoms with Crippen molar-refractivity contribution in [2.24, 2.45) is 0 Å². The van der Waals surface area contributed by atoms with Crippen molar-refractivity contribution in [3.8, 4) is 0 Å². The van der Waals surface area contributed by atoms with E-state index in [4.69, 9.17) is 5.73 Å². The quantitative estimate of drug-likeness (QED) is 0.820. The molecule has 0 atom stereocenters. The summed E-state index contributed by atoms with van der Waals surface area (Å²) < 4.78 is 0. The normalized spacial score (nSPS) is 10.1. The van der Waals surface area contributed by atoms with Crippen LogP contribution in [0.5, 0.6) is 0 Å². The van der Waals surface area contributed by atoms with E-state index in [-0.39, 0.29) is 5.91 Å². The van der Waals surface area contributed by atoms with Crippen LogP contribution in [0.15, 0.2) is 36.4 Å². The largest absolute Gasteiger partial charge is 0.399 e. The van der Waals surface area contributed by atoms with Crippen molar-refractivity contribution in [1.82, 2.24) is 15.1 Å². The summed E-state index contributed by atoms with van der Waals surface area (Å²) in [5.74, 6) is 0.458. The van der Waals surface area contributed by atoms with Gasteiger partial charge in [0.1, 0.15) is 5.82 Å². The molecule has 6 heteroatoms. The van der Waals surface area contributed by atoms with Gasteiger partial charge >= 0.3 is 0 Å². The fourth-order valence-corrected chi connectivity index (χ4v) is 1.60. The fourth-order valence-electron chi connectivity index (χ4n) is 1.60. The molecule has 2 rings (SSSR count). The molecule has 1 heterocycles. The first kappa shape index (κ1) is 13.8. The van der Waals surface area contributed by atoms with E-state index in [1.54, 1.807) is 26.2 Å². The molecule has 0 aliphatic carbocycles. The van der Waals surface area contributed by atoms with Gasteiger partial charge in [-0.05, 0) is 29.8 Å². The summed E-state index contributed by atoms with van der Waals surface area (Å²) in [6.07, 6.45) is 0. The molecule has 1 aromatic heterocycles. The van der Waals surface area contributed by atoms with Crippen LogP contribution in [0.1, 0.15) is 16.1 Å². The van der Waals surface area contributed by atoms with E-state index in [0.29, 0.717) is 18.1 Å². The molecule has 0 bridgehead atoms. The first-order valence-corrected chi connectivity index (χ1v) is 6.20. The van der Waals surface area contributed by atoms with Gasteiger partial charge in [-0.25, -0.2) is 0 Å². The van der Waals surface area contributed by atoms with Gasteiger partial charge in [-0.2, -0.15) is 0 Å². The lowest BCUT2D eigenvalue weighted by Crippen LogP contribution is -2.23. The van der Waals surface area contributed by atoms with Crippen LogP contribution in [0, 0.1) is 0 Å². The minimum absolute atomic E-state index is 0.164. The molecular formula is C14H17N5O. The maximum absolute atomic E-state index is 11.7. The second kappa shape index (κ2) is 6.01. The monoisotopic (exact) mass is 271 g/mol. The number of aromatic nitrogens is 2. The van der Waals surface area contributed by atoms with Gasteiger partial charge in [0, 0.05) is 26.3 Å². The maximum atomic E-state index is 11.7. The van der Waals surface area contributed by atoms with E-state index < -0.39 is 0 Å². The number of carbonyl (C=O) groups excluding carboxylic acids is 1. The van der Waals surface area contributed by atoms with Crippen LogP contribution >= 0.6 is 0 Å². The number of amides is 1. The molecule has 0 aliphatic rings. The number of rotatable bonds is 4. The van der Waals surface area contributed by atoms with E-state index in [0.717, 1.165) is 11.3 Å². The van der Waals surface area contributed by atoms with Gasteiger partial charge in [0.15, 0.2) is 5.69 Å². The molecule has 2 aromatic rings. The smallest absolute Gasteiger partial charge is 0.273 e. The van der Waals surface area contributed by atoms with Crippen LogP contribution in [-0.2, 0) is 6.54 Å². The van der Waals surface area contributed by atoms with Crippen molar-refractivity contribution in [2.75, 3.05) is 25.1 Å². The molecule has 0 fully saturated rings. The van der Waals surface area contributed by atoms with Crippen molar-refractivity contribution in [3.63, 3.8) is 0 Å². The molecule has 0 aliphatic heterocycles.